The van der Waals surface area contributed by atoms with Gasteiger partial charge in [0.25, 0.3) is 0 Å². The molecule has 1 saturated heterocycles. The maximum atomic E-state index is 5.10. The van der Waals surface area contributed by atoms with Crippen molar-refractivity contribution in [1.82, 2.24) is 0 Å². The molecular formula is C9H9O. The molecule has 10 heavy (non-hydrogen) atoms. The molecule has 2 rings (SSSR count). The van der Waals surface area contributed by atoms with Gasteiger partial charge in [0.05, 0.1) is 12.7 Å². The van der Waals surface area contributed by atoms with Crippen molar-refractivity contribution in [2.24, 2.45) is 0 Å². The van der Waals surface area contributed by atoms with Gasteiger partial charge in [-0.15, -0.1) is 0 Å². The van der Waals surface area contributed by atoms with Gasteiger partial charge in [-0.3, -0.25) is 0 Å². The monoisotopic (exact) mass is 133 g/mol. The van der Waals surface area contributed by atoms with Crippen LogP contribution in [-0.2, 0) is 11.2 Å². The van der Waals surface area contributed by atoms with Crippen molar-refractivity contribution in [1.29, 1.82) is 0 Å². The molecule has 0 amide bonds. The van der Waals surface area contributed by atoms with Gasteiger partial charge in [0.15, 0.2) is 0 Å². The zero-order chi connectivity index (χ0) is 6.81. The van der Waals surface area contributed by atoms with E-state index in [1.165, 1.54) is 5.56 Å². The summed E-state index contributed by atoms with van der Waals surface area (Å²) in [7, 11) is 0. The second-order valence-corrected chi connectivity index (χ2v) is 2.57. The molecule has 0 aromatic heterocycles. The van der Waals surface area contributed by atoms with E-state index in [1.54, 1.807) is 0 Å². The maximum absolute atomic E-state index is 5.10. The molecule has 1 heterocycles. The number of epoxide rings is 1. The fourth-order valence-corrected chi connectivity index (χ4v) is 1.01. The van der Waals surface area contributed by atoms with Crippen LogP contribution in [0.1, 0.15) is 5.56 Å². The summed E-state index contributed by atoms with van der Waals surface area (Å²) in [6, 6.07) is 11.0. The highest BCUT2D eigenvalue weighted by Crippen LogP contribution is 2.15. The SMILES string of the molecule is [c]1ccc(C[C@H]2CO2)cc1. The summed E-state index contributed by atoms with van der Waals surface area (Å²) in [6.07, 6.45) is 1.57. The Kier molecular flexibility index (Phi) is 1.44. The standard InChI is InChI=1S/C9H9O/c1-2-4-8(5-3-1)6-9-7-10-9/h2-5,9H,6-7H2/t9-/m0/s1. The minimum Gasteiger partial charge on any atom is -0.373 e. The molecule has 0 aliphatic carbocycles. The Morgan fingerprint density at radius 1 is 1.50 bits per heavy atom. The zero-order valence-corrected chi connectivity index (χ0v) is 5.71. The van der Waals surface area contributed by atoms with Crippen molar-refractivity contribution in [2.75, 3.05) is 6.61 Å². The van der Waals surface area contributed by atoms with Crippen LogP contribution in [0, 0.1) is 6.07 Å². The second kappa shape index (κ2) is 2.43. The third-order valence-corrected chi connectivity index (χ3v) is 1.65. The van der Waals surface area contributed by atoms with E-state index in [4.69, 9.17) is 4.74 Å². The summed E-state index contributed by atoms with van der Waals surface area (Å²) in [5.41, 5.74) is 1.35. The van der Waals surface area contributed by atoms with Gasteiger partial charge in [-0.05, 0) is 11.6 Å². The number of hydrogen-bond donors (Lipinski definition) is 0. The lowest BCUT2D eigenvalue weighted by Gasteiger charge is -1.93. The van der Waals surface area contributed by atoms with Crippen molar-refractivity contribution >= 4 is 0 Å². The lowest BCUT2D eigenvalue weighted by molar-refractivity contribution is 0.407. The number of hydrogen-bond acceptors (Lipinski definition) is 1. The van der Waals surface area contributed by atoms with Crippen LogP contribution in [0.4, 0.5) is 0 Å². The maximum Gasteiger partial charge on any atom is 0.0850 e. The van der Waals surface area contributed by atoms with E-state index in [1.807, 2.05) is 12.1 Å². The van der Waals surface area contributed by atoms with Crippen LogP contribution >= 0.6 is 0 Å². The van der Waals surface area contributed by atoms with E-state index in [0.29, 0.717) is 6.10 Å². The quantitative estimate of drug-likeness (QED) is 0.556. The average molecular weight is 133 g/mol. The molecule has 1 aliphatic heterocycles. The predicted octanol–water partition coefficient (Wildman–Crippen LogP) is 1.43. The summed E-state index contributed by atoms with van der Waals surface area (Å²) in [4.78, 5) is 0. The normalized spacial score (nSPS) is 22.6. The molecule has 0 bridgehead atoms. The summed E-state index contributed by atoms with van der Waals surface area (Å²) < 4.78 is 5.10. The van der Waals surface area contributed by atoms with E-state index >= 15 is 0 Å². The first kappa shape index (κ1) is 5.93. The largest absolute Gasteiger partial charge is 0.373 e. The number of benzene rings is 1. The van der Waals surface area contributed by atoms with E-state index in [0.717, 1.165) is 13.0 Å². The van der Waals surface area contributed by atoms with Crippen LogP contribution < -0.4 is 0 Å². The van der Waals surface area contributed by atoms with Crippen molar-refractivity contribution < 1.29 is 4.74 Å². The third-order valence-electron chi connectivity index (χ3n) is 1.65. The first-order valence-electron chi connectivity index (χ1n) is 3.52. The van der Waals surface area contributed by atoms with Crippen molar-refractivity contribution in [2.45, 2.75) is 12.5 Å². The minimum absolute atomic E-state index is 0.502. The summed E-state index contributed by atoms with van der Waals surface area (Å²) in [5.74, 6) is 0. The van der Waals surface area contributed by atoms with Crippen LogP contribution in [-0.4, -0.2) is 12.7 Å². The zero-order valence-electron chi connectivity index (χ0n) is 5.71. The molecule has 0 N–H and O–H groups in total. The molecule has 51 valence electrons. The molecule has 1 aromatic carbocycles. The van der Waals surface area contributed by atoms with Gasteiger partial charge >= 0.3 is 0 Å². The molecular weight excluding hydrogens is 124 g/mol. The fourth-order valence-electron chi connectivity index (χ4n) is 1.01. The Labute approximate surface area is 60.6 Å². The van der Waals surface area contributed by atoms with Crippen LogP contribution in [0.5, 0.6) is 0 Å². The molecule has 0 spiro atoms. The van der Waals surface area contributed by atoms with E-state index in [9.17, 15) is 0 Å². The summed E-state index contributed by atoms with van der Waals surface area (Å²) in [5, 5.41) is 0. The lowest BCUT2D eigenvalue weighted by atomic mass is 10.1. The smallest absolute Gasteiger partial charge is 0.0850 e. The molecule has 0 unspecified atom stereocenters. The summed E-state index contributed by atoms with van der Waals surface area (Å²) >= 11 is 0. The molecule has 0 saturated carbocycles. The molecule has 1 atom stereocenters. The highest BCUT2D eigenvalue weighted by Gasteiger charge is 2.21. The van der Waals surface area contributed by atoms with Crippen LogP contribution in [0.25, 0.3) is 0 Å². The van der Waals surface area contributed by atoms with Crippen molar-refractivity contribution in [3.63, 3.8) is 0 Å². The Bertz CT molecular complexity index is 201. The first-order valence-corrected chi connectivity index (χ1v) is 3.52. The Morgan fingerprint density at radius 3 is 2.80 bits per heavy atom. The highest BCUT2D eigenvalue weighted by molar-refractivity contribution is 5.15. The lowest BCUT2D eigenvalue weighted by Crippen LogP contribution is -1.91. The first-order chi connectivity index (χ1) is 4.95. The van der Waals surface area contributed by atoms with Gasteiger partial charge < -0.3 is 4.74 Å². The molecule has 1 aliphatic rings. The predicted molar refractivity (Wildman–Crippen MR) is 38.7 cm³/mol. The molecule has 1 aromatic rings. The van der Waals surface area contributed by atoms with Gasteiger partial charge in [-0.25, -0.2) is 0 Å². The van der Waals surface area contributed by atoms with Gasteiger partial charge in [0.2, 0.25) is 0 Å². The van der Waals surface area contributed by atoms with Crippen LogP contribution in [0.15, 0.2) is 24.3 Å². The third kappa shape index (κ3) is 1.36. The molecule has 1 heteroatoms. The Hall–Kier alpha value is -0.820. The second-order valence-electron chi connectivity index (χ2n) is 2.57. The van der Waals surface area contributed by atoms with E-state index in [-0.39, 0.29) is 0 Å². The average Bonchev–Trinajstić information content (AvgIpc) is 2.74. The number of ether oxygens (including phenoxy) is 1. The molecule has 1 radical (unpaired) electrons. The molecule has 1 nitrogen and oxygen atoms in total. The van der Waals surface area contributed by atoms with E-state index in [2.05, 4.69) is 18.2 Å². The highest BCUT2D eigenvalue weighted by atomic mass is 16.6. The van der Waals surface area contributed by atoms with Crippen molar-refractivity contribution in [3.05, 3.63) is 35.9 Å². The minimum atomic E-state index is 0.502. The Morgan fingerprint density at radius 2 is 2.20 bits per heavy atom. The van der Waals surface area contributed by atoms with Gasteiger partial charge in [-0.1, -0.05) is 24.3 Å². The van der Waals surface area contributed by atoms with E-state index < -0.39 is 0 Å². The van der Waals surface area contributed by atoms with Crippen LogP contribution in [0.2, 0.25) is 0 Å². The van der Waals surface area contributed by atoms with Gasteiger partial charge in [-0.2, -0.15) is 0 Å². The van der Waals surface area contributed by atoms with Crippen molar-refractivity contribution in [3.8, 4) is 0 Å². The van der Waals surface area contributed by atoms with Gasteiger partial charge in [0, 0.05) is 6.42 Å². The van der Waals surface area contributed by atoms with Gasteiger partial charge in [0.1, 0.15) is 0 Å². The fraction of sp³-hybridized carbons (Fsp3) is 0.333. The molecule has 1 fully saturated rings. The summed E-state index contributed by atoms with van der Waals surface area (Å²) in [6.45, 7) is 0.943. The van der Waals surface area contributed by atoms with Crippen LogP contribution in [0.3, 0.4) is 0 Å². The topological polar surface area (TPSA) is 12.5 Å². The number of rotatable bonds is 2. The Balaban J connectivity index is 2.03.